The van der Waals surface area contributed by atoms with E-state index >= 15 is 0 Å². The number of imidazole rings is 1. The van der Waals surface area contributed by atoms with E-state index in [1.165, 1.54) is 13.3 Å². The number of halogens is 3. The van der Waals surface area contributed by atoms with Crippen molar-refractivity contribution in [3.05, 3.63) is 62.6 Å². The summed E-state index contributed by atoms with van der Waals surface area (Å²) in [7, 11) is 1.45. The smallest absolute Gasteiger partial charge is 0.423 e. The summed E-state index contributed by atoms with van der Waals surface area (Å²) in [6.07, 6.45) is 0.357. The van der Waals surface area contributed by atoms with Gasteiger partial charge in [-0.15, -0.1) is 0 Å². The summed E-state index contributed by atoms with van der Waals surface area (Å²) in [5, 5.41) is 0.394. The molecule has 0 atom stereocenters. The molecule has 0 unspecified atom stereocenters. The van der Waals surface area contributed by atoms with E-state index < -0.39 is 35.6 Å². The van der Waals surface area contributed by atoms with E-state index in [-0.39, 0.29) is 26.7 Å². The third kappa shape index (κ3) is 4.20. The summed E-state index contributed by atoms with van der Waals surface area (Å²) < 4.78 is 41.8. The van der Waals surface area contributed by atoms with Gasteiger partial charge in [-0.1, -0.05) is 15.9 Å². The van der Waals surface area contributed by atoms with Crippen LogP contribution >= 0.6 is 15.9 Å². The molecule has 1 aromatic carbocycles. The Balaban J connectivity index is 2.03. The predicted molar refractivity (Wildman–Crippen MR) is 121 cm³/mol. The van der Waals surface area contributed by atoms with Crippen molar-refractivity contribution in [2.75, 3.05) is 7.11 Å². The molecule has 0 aliphatic rings. The molecule has 0 saturated carbocycles. The van der Waals surface area contributed by atoms with Crippen LogP contribution in [0, 0.1) is 11.6 Å². The van der Waals surface area contributed by atoms with Crippen LogP contribution in [-0.2, 0) is 11.3 Å². The van der Waals surface area contributed by atoms with Gasteiger partial charge in [0.25, 0.3) is 0 Å². The van der Waals surface area contributed by atoms with Crippen LogP contribution in [0.5, 0.6) is 5.88 Å². The first-order valence-electron chi connectivity index (χ1n) is 9.82. The van der Waals surface area contributed by atoms with Crippen LogP contribution in [0.1, 0.15) is 26.3 Å². The number of ether oxygens (including phenoxy) is 2. The molecule has 3 heterocycles. The fraction of sp³-hybridized carbons (Fsp3) is 0.273. The Hall–Kier alpha value is -3.34. The number of carbonyl (C=O) groups excluding carboxylic acids is 1. The van der Waals surface area contributed by atoms with Crippen molar-refractivity contribution in [3.63, 3.8) is 0 Å². The third-order valence-corrected chi connectivity index (χ3v) is 5.25. The summed E-state index contributed by atoms with van der Waals surface area (Å²) in [6.45, 7) is 4.50. The fourth-order valence-electron chi connectivity index (χ4n) is 3.43. The molecule has 0 amide bonds. The number of aromatic nitrogens is 4. The van der Waals surface area contributed by atoms with Crippen molar-refractivity contribution in [2.45, 2.75) is 32.9 Å². The Bertz CT molecular complexity index is 1450. The first-order valence-corrected chi connectivity index (χ1v) is 10.6. The Kier molecular flexibility index (Phi) is 5.69. The minimum absolute atomic E-state index is 0.117. The highest BCUT2D eigenvalue weighted by Crippen LogP contribution is 2.27. The van der Waals surface area contributed by atoms with Crippen LogP contribution in [0.3, 0.4) is 0 Å². The molecular weight excluding hydrogens is 502 g/mol. The number of hydrogen-bond acceptors (Lipinski definition) is 6. The maximum absolute atomic E-state index is 14.6. The quantitative estimate of drug-likeness (QED) is 0.391. The molecule has 3 aromatic heterocycles. The third-order valence-electron chi connectivity index (χ3n) is 4.80. The van der Waals surface area contributed by atoms with Crippen molar-refractivity contribution >= 4 is 44.1 Å². The Labute approximate surface area is 194 Å². The van der Waals surface area contributed by atoms with Gasteiger partial charge in [-0.25, -0.2) is 23.4 Å². The van der Waals surface area contributed by atoms with E-state index in [0.717, 1.165) is 21.3 Å². The topological polar surface area (TPSA) is 88.2 Å². The van der Waals surface area contributed by atoms with Gasteiger partial charge in [0.15, 0.2) is 5.65 Å². The number of methoxy groups -OCH3 is 1. The Morgan fingerprint density at radius 1 is 1.18 bits per heavy atom. The monoisotopic (exact) mass is 520 g/mol. The molecule has 4 rings (SSSR count). The number of hydrogen-bond donors (Lipinski definition) is 0. The second-order valence-corrected chi connectivity index (χ2v) is 9.16. The number of fused-ring (bicyclic) bond motifs is 3. The summed E-state index contributed by atoms with van der Waals surface area (Å²) in [5.74, 6) is -1.39. The van der Waals surface area contributed by atoms with Gasteiger partial charge in [0, 0.05) is 21.5 Å². The standard InChI is InChI=1S/C22H19BrF2N4O4/c1-22(2,3)33-21(31)29-16-9-26-19-12(5-6-17(27-19)32-4)18(16)28(20(29)30)10-13-14(24)7-11(23)8-15(13)25/h5-9H,10H2,1-4H3. The van der Waals surface area contributed by atoms with E-state index in [1.54, 1.807) is 32.9 Å². The van der Waals surface area contributed by atoms with E-state index in [1.807, 2.05) is 0 Å². The van der Waals surface area contributed by atoms with Gasteiger partial charge in [-0.05, 0) is 39.0 Å². The van der Waals surface area contributed by atoms with E-state index in [2.05, 4.69) is 25.9 Å². The fourth-order valence-corrected chi connectivity index (χ4v) is 3.83. The highest BCUT2D eigenvalue weighted by Gasteiger charge is 2.27. The maximum atomic E-state index is 14.6. The zero-order chi connectivity index (χ0) is 24.1. The molecule has 0 aliphatic heterocycles. The van der Waals surface area contributed by atoms with Crippen LogP contribution in [0.15, 0.2) is 39.7 Å². The molecule has 0 radical (unpaired) electrons. The molecule has 33 heavy (non-hydrogen) atoms. The Morgan fingerprint density at radius 3 is 2.45 bits per heavy atom. The zero-order valence-electron chi connectivity index (χ0n) is 18.1. The molecule has 8 nitrogen and oxygen atoms in total. The number of benzene rings is 1. The summed E-state index contributed by atoms with van der Waals surface area (Å²) in [4.78, 5) is 34.8. The number of rotatable bonds is 3. The largest absolute Gasteiger partial charge is 0.481 e. The average Bonchev–Trinajstić information content (AvgIpc) is 3.00. The lowest BCUT2D eigenvalue weighted by molar-refractivity contribution is 0.0537. The molecule has 0 N–H and O–H groups in total. The maximum Gasteiger partial charge on any atom is 0.423 e. The number of pyridine rings is 2. The average molecular weight is 521 g/mol. The molecular formula is C22H19BrF2N4O4. The van der Waals surface area contributed by atoms with Crippen LogP contribution < -0.4 is 10.4 Å². The highest BCUT2D eigenvalue weighted by molar-refractivity contribution is 9.10. The molecule has 0 aliphatic carbocycles. The van der Waals surface area contributed by atoms with Crippen molar-refractivity contribution in [1.29, 1.82) is 0 Å². The molecule has 4 aromatic rings. The molecule has 0 spiro atoms. The molecule has 11 heteroatoms. The highest BCUT2D eigenvalue weighted by atomic mass is 79.9. The number of carbonyl (C=O) groups is 1. The van der Waals surface area contributed by atoms with Gasteiger partial charge < -0.3 is 9.47 Å². The van der Waals surface area contributed by atoms with Crippen molar-refractivity contribution in [3.8, 4) is 5.88 Å². The second kappa shape index (κ2) is 8.22. The van der Waals surface area contributed by atoms with Crippen molar-refractivity contribution in [2.24, 2.45) is 0 Å². The summed E-state index contributed by atoms with van der Waals surface area (Å²) in [6, 6.07) is 5.37. The van der Waals surface area contributed by atoms with Gasteiger partial charge in [0.2, 0.25) is 5.88 Å². The van der Waals surface area contributed by atoms with Crippen LogP contribution in [0.25, 0.3) is 22.1 Å². The van der Waals surface area contributed by atoms with Gasteiger partial charge in [-0.2, -0.15) is 9.55 Å². The van der Waals surface area contributed by atoms with Gasteiger partial charge in [-0.3, -0.25) is 4.57 Å². The zero-order valence-corrected chi connectivity index (χ0v) is 19.7. The van der Waals surface area contributed by atoms with Crippen molar-refractivity contribution < 1.29 is 23.0 Å². The minimum atomic E-state index is -0.935. The lowest BCUT2D eigenvalue weighted by atomic mass is 10.2. The van der Waals surface area contributed by atoms with Crippen LogP contribution in [0.4, 0.5) is 13.6 Å². The normalized spacial score (nSPS) is 11.8. The SMILES string of the molecule is COc1ccc2c(ncc3c2n(Cc2c(F)cc(Br)cc2F)c(=O)n3C(=O)OC(C)(C)C)n1. The predicted octanol–water partition coefficient (Wildman–Crippen LogP) is 4.63. The van der Waals surface area contributed by atoms with Gasteiger partial charge in [0.1, 0.15) is 17.2 Å². The van der Waals surface area contributed by atoms with E-state index in [9.17, 15) is 18.4 Å². The van der Waals surface area contributed by atoms with E-state index in [0.29, 0.717) is 11.3 Å². The first-order chi connectivity index (χ1) is 15.5. The van der Waals surface area contributed by atoms with Gasteiger partial charge in [0.05, 0.1) is 30.9 Å². The first kappa shape index (κ1) is 22.8. The van der Waals surface area contributed by atoms with Crippen LogP contribution in [0.2, 0.25) is 0 Å². The number of nitrogens with zero attached hydrogens (tertiary/aromatic N) is 4. The molecule has 0 saturated heterocycles. The van der Waals surface area contributed by atoms with Gasteiger partial charge >= 0.3 is 11.8 Å². The minimum Gasteiger partial charge on any atom is -0.481 e. The van der Waals surface area contributed by atoms with Crippen LogP contribution in [-0.4, -0.2) is 37.9 Å². The van der Waals surface area contributed by atoms with E-state index in [4.69, 9.17) is 9.47 Å². The molecule has 0 bridgehead atoms. The molecule has 172 valence electrons. The lowest BCUT2D eigenvalue weighted by Crippen LogP contribution is -2.34. The summed E-state index contributed by atoms with van der Waals surface area (Å²) in [5.41, 5.74) is -1.47. The second-order valence-electron chi connectivity index (χ2n) is 8.25. The summed E-state index contributed by atoms with van der Waals surface area (Å²) >= 11 is 3.04. The molecule has 0 fully saturated rings. The Morgan fingerprint density at radius 2 is 1.85 bits per heavy atom. The lowest BCUT2D eigenvalue weighted by Gasteiger charge is -2.19. The van der Waals surface area contributed by atoms with Crippen molar-refractivity contribution in [1.82, 2.24) is 19.1 Å².